The number of benzene rings is 2. The van der Waals surface area contributed by atoms with Crippen LogP contribution >= 0.6 is 27.3 Å². The first-order valence-corrected chi connectivity index (χ1v) is 10.9. The fourth-order valence-corrected chi connectivity index (χ4v) is 5.12. The molecule has 0 bridgehead atoms. The Morgan fingerprint density at radius 2 is 2.00 bits per heavy atom. The Balaban J connectivity index is 2.05. The summed E-state index contributed by atoms with van der Waals surface area (Å²) < 4.78 is 26.2. The van der Waals surface area contributed by atoms with Gasteiger partial charge in [0, 0.05) is 9.86 Å². The van der Waals surface area contributed by atoms with Gasteiger partial charge >= 0.3 is 11.9 Å². The van der Waals surface area contributed by atoms with Crippen molar-refractivity contribution >= 4 is 60.3 Å². The number of aromatic amines is 1. The summed E-state index contributed by atoms with van der Waals surface area (Å²) >= 11 is 4.41. The number of H-pyrrole nitrogens is 1. The van der Waals surface area contributed by atoms with Gasteiger partial charge in [0.05, 0.1) is 29.0 Å². The highest BCUT2D eigenvalue weighted by Gasteiger charge is 2.27. The minimum Gasteiger partial charge on any atom is -0.491 e. The molecule has 2 aromatic carbocycles. The number of esters is 1. The third-order valence-corrected chi connectivity index (χ3v) is 6.41. The molecule has 0 aliphatic rings. The molecular formula is C21H16BrFN2O5S. The van der Waals surface area contributed by atoms with Gasteiger partial charge in [-0.1, -0.05) is 15.9 Å². The minimum atomic E-state index is -1.14. The van der Waals surface area contributed by atoms with Crippen molar-refractivity contribution in [1.82, 2.24) is 9.97 Å². The molecule has 2 heterocycles. The lowest BCUT2D eigenvalue weighted by molar-refractivity contribution is 0.0532. The number of aromatic nitrogens is 2. The Morgan fingerprint density at radius 3 is 2.68 bits per heavy atom. The average molecular weight is 507 g/mol. The number of halogens is 2. The molecule has 0 aliphatic heterocycles. The van der Waals surface area contributed by atoms with Crippen LogP contribution in [0.15, 0.2) is 28.7 Å². The van der Waals surface area contributed by atoms with Crippen molar-refractivity contribution in [2.75, 3.05) is 13.2 Å². The van der Waals surface area contributed by atoms with Crippen molar-refractivity contribution in [3.63, 3.8) is 0 Å². The van der Waals surface area contributed by atoms with Gasteiger partial charge in [0.1, 0.15) is 27.6 Å². The lowest BCUT2D eigenvalue weighted by atomic mass is 10.1. The zero-order chi connectivity index (χ0) is 22.3. The standard InChI is InChI=1S/C21H16BrFN2O5S/c1-3-29-16-9(20(26)27)5-8-12-15(16)25-19(24-12)14-13-10(22)6-7-11(23)17(13)31-18(14)21(28)30-4-2/h5-8H,3-4H2,1-2H3,(H,24,25)(H,26,27). The third-order valence-electron chi connectivity index (χ3n) is 4.57. The summed E-state index contributed by atoms with van der Waals surface area (Å²) in [5.74, 6) is -1.78. The number of carbonyl (C=O) groups is 2. The van der Waals surface area contributed by atoms with E-state index < -0.39 is 17.8 Å². The number of nitrogens with zero attached hydrogens (tertiary/aromatic N) is 1. The predicted octanol–water partition coefficient (Wildman–Crippen LogP) is 5.62. The van der Waals surface area contributed by atoms with Crippen LogP contribution in [-0.2, 0) is 4.74 Å². The van der Waals surface area contributed by atoms with Gasteiger partial charge in [0.25, 0.3) is 0 Å². The number of ether oxygens (including phenoxy) is 2. The van der Waals surface area contributed by atoms with Crippen LogP contribution in [0.25, 0.3) is 32.5 Å². The second-order valence-corrected chi connectivity index (χ2v) is 8.29. The molecule has 7 nitrogen and oxygen atoms in total. The summed E-state index contributed by atoms with van der Waals surface area (Å²) in [5, 5.41) is 9.98. The highest BCUT2D eigenvalue weighted by Crippen LogP contribution is 2.44. The van der Waals surface area contributed by atoms with Crippen molar-refractivity contribution in [1.29, 1.82) is 0 Å². The number of carboxylic acids is 1. The van der Waals surface area contributed by atoms with E-state index in [1.807, 2.05) is 0 Å². The molecule has 0 fully saturated rings. The average Bonchev–Trinajstić information content (AvgIpc) is 3.33. The Morgan fingerprint density at radius 1 is 1.23 bits per heavy atom. The Kier molecular flexibility index (Phi) is 5.67. The second-order valence-electron chi connectivity index (χ2n) is 6.42. The van der Waals surface area contributed by atoms with E-state index in [9.17, 15) is 19.1 Å². The molecule has 2 aromatic heterocycles. The molecule has 2 N–H and O–H groups in total. The SMILES string of the molecule is CCOC(=O)c1sc2c(F)ccc(Br)c2c1-c1nc2ccc(C(=O)O)c(OCC)c2[nH]1. The van der Waals surface area contributed by atoms with Gasteiger partial charge in [-0.2, -0.15) is 0 Å². The van der Waals surface area contributed by atoms with Crippen LogP contribution < -0.4 is 4.74 Å². The van der Waals surface area contributed by atoms with E-state index in [2.05, 4.69) is 25.9 Å². The molecule has 4 rings (SSSR count). The van der Waals surface area contributed by atoms with Gasteiger partial charge < -0.3 is 19.6 Å². The number of hydrogen-bond acceptors (Lipinski definition) is 6. The molecule has 10 heteroatoms. The van der Waals surface area contributed by atoms with Crippen LogP contribution in [0.1, 0.15) is 33.9 Å². The smallest absolute Gasteiger partial charge is 0.349 e. The van der Waals surface area contributed by atoms with Crippen LogP contribution in [0.2, 0.25) is 0 Å². The summed E-state index contributed by atoms with van der Waals surface area (Å²) in [7, 11) is 0. The molecule has 31 heavy (non-hydrogen) atoms. The van der Waals surface area contributed by atoms with E-state index in [1.54, 1.807) is 26.0 Å². The third kappa shape index (κ3) is 3.55. The van der Waals surface area contributed by atoms with Gasteiger partial charge in [-0.15, -0.1) is 11.3 Å². The first-order valence-electron chi connectivity index (χ1n) is 9.34. The van der Waals surface area contributed by atoms with Gasteiger partial charge in [0.2, 0.25) is 0 Å². The maximum atomic E-state index is 14.6. The maximum absolute atomic E-state index is 14.6. The summed E-state index contributed by atoms with van der Waals surface area (Å²) in [6, 6.07) is 5.83. The van der Waals surface area contributed by atoms with Crippen LogP contribution in [0.4, 0.5) is 4.39 Å². The van der Waals surface area contributed by atoms with Gasteiger partial charge in [-0.25, -0.2) is 19.0 Å². The first-order chi connectivity index (χ1) is 14.9. The van der Waals surface area contributed by atoms with Crippen molar-refractivity contribution in [3.8, 4) is 17.1 Å². The Hall–Kier alpha value is -2.98. The summed E-state index contributed by atoms with van der Waals surface area (Å²) in [4.78, 5) is 32.1. The second kappa shape index (κ2) is 8.27. The largest absolute Gasteiger partial charge is 0.491 e. The molecular weight excluding hydrogens is 491 g/mol. The van der Waals surface area contributed by atoms with E-state index in [4.69, 9.17) is 9.47 Å². The Bertz CT molecular complexity index is 1350. The molecule has 0 spiro atoms. The number of imidazole rings is 1. The maximum Gasteiger partial charge on any atom is 0.349 e. The van der Waals surface area contributed by atoms with Crippen LogP contribution in [0.3, 0.4) is 0 Å². The molecule has 0 aliphatic carbocycles. The van der Waals surface area contributed by atoms with Crippen molar-refractivity contribution in [2.24, 2.45) is 0 Å². The fraction of sp³-hybridized carbons (Fsp3) is 0.190. The number of aromatic carboxylic acids is 1. The number of carboxylic acid groups (broad SMARTS) is 1. The number of fused-ring (bicyclic) bond motifs is 2. The van der Waals surface area contributed by atoms with Crippen LogP contribution in [-0.4, -0.2) is 40.2 Å². The van der Waals surface area contributed by atoms with Crippen molar-refractivity contribution in [2.45, 2.75) is 13.8 Å². The molecule has 0 atom stereocenters. The topological polar surface area (TPSA) is 102 Å². The summed E-state index contributed by atoms with van der Waals surface area (Å²) in [6.07, 6.45) is 0. The van der Waals surface area contributed by atoms with Gasteiger partial charge in [0.15, 0.2) is 5.75 Å². The van der Waals surface area contributed by atoms with Crippen LogP contribution in [0.5, 0.6) is 5.75 Å². The van der Waals surface area contributed by atoms with Crippen molar-refractivity contribution in [3.05, 3.63) is 45.0 Å². The van der Waals surface area contributed by atoms with E-state index in [1.165, 1.54) is 12.1 Å². The Labute approximate surface area is 187 Å². The number of hydrogen-bond donors (Lipinski definition) is 2. The summed E-state index contributed by atoms with van der Waals surface area (Å²) in [5.41, 5.74) is 1.18. The van der Waals surface area contributed by atoms with E-state index in [0.717, 1.165) is 11.3 Å². The molecule has 0 radical (unpaired) electrons. The number of nitrogens with one attached hydrogen (secondary N) is 1. The van der Waals surface area contributed by atoms with Gasteiger partial charge in [-0.05, 0) is 38.1 Å². The fourth-order valence-electron chi connectivity index (χ4n) is 3.33. The van der Waals surface area contributed by atoms with E-state index in [-0.39, 0.29) is 39.9 Å². The lowest BCUT2D eigenvalue weighted by Gasteiger charge is -2.07. The highest BCUT2D eigenvalue weighted by molar-refractivity contribution is 9.10. The number of rotatable bonds is 6. The highest BCUT2D eigenvalue weighted by atomic mass is 79.9. The minimum absolute atomic E-state index is 0.0161. The van der Waals surface area contributed by atoms with E-state index in [0.29, 0.717) is 26.5 Å². The van der Waals surface area contributed by atoms with Gasteiger partial charge in [-0.3, -0.25) is 0 Å². The number of thiophene rings is 1. The lowest BCUT2D eigenvalue weighted by Crippen LogP contribution is -2.04. The first kappa shape index (κ1) is 21.3. The summed E-state index contributed by atoms with van der Waals surface area (Å²) in [6.45, 7) is 3.84. The van der Waals surface area contributed by atoms with Crippen LogP contribution in [0, 0.1) is 5.82 Å². The zero-order valence-electron chi connectivity index (χ0n) is 16.4. The van der Waals surface area contributed by atoms with E-state index >= 15 is 0 Å². The predicted molar refractivity (Wildman–Crippen MR) is 119 cm³/mol. The molecule has 160 valence electrons. The monoisotopic (exact) mass is 506 g/mol. The van der Waals surface area contributed by atoms with Crippen molar-refractivity contribution < 1.29 is 28.6 Å². The molecule has 4 aromatic rings. The quantitative estimate of drug-likeness (QED) is 0.329. The zero-order valence-corrected chi connectivity index (χ0v) is 18.8. The molecule has 0 amide bonds. The molecule has 0 saturated carbocycles. The number of carbonyl (C=O) groups excluding carboxylic acids is 1. The molecule has 0 saturated heterocycles. The molecule has 0 unspecified atom stereocenters. The normalized spacial score (nSPS) is 11.2.